The highest BCUT2D eigenvalue weighted by Gasteiger charge is 2.37. The molecule has 1 saturated heterocycles. The van der Waals surface area contributed by atoms with Gasteiger partial charge in [0.2, 0.25) is 5.82 Å². The van der Waals surface area contributed by atoms with Crippen LogP contribution >= 0.6 is 0 Å². The van der Waals surface area contributed by atoms with E-state index in [0.29, 0.717) is 12.5 Å². The lowest BCUT2D eigenvalue weighted by Crippen LogP contribution is -2.37. The van der Waals surface area contributed by atoms with E-state index in [9.17, 15) is 9.59 Å². The molecule has 22 heavy (non-hydrogen) atoms. The number of nitrogens with zero attached hydrogens (tertiary/aromatic N) is 2. The number of hydrogen-bond donors (Lipinski definition) is 2. The molecule has 0 spiro atoms. The van der Waals surface area contributed by atoms with Crippen molar-refractivity contribution >= 4 is 5.91 Å². The fraction of sp³-hybridized carbons (Fsp3) is 0.438. The summed E-state index contributed by atoms with van der Waals surface area (Å²) in [6, 6.07) is 8.64. The van der Waals surface area contributed by atoms with E-state index in [0.717, 1.165) is 12.8 Å². The number of carbonyl (C=O) groups is 1. The van der Waals surface area contributed by atoms with Crippen molar-refractivity contribution in [2.24, 2.45) is 0 Å². The number of aromatic amines is 2. The molecule has 2 atom stereocenters. The van der Waals surface area contributed by atoms with E-state index in [4.69, 9.17) is 0 Å². The predicted octanol–water partition coefficient (Wildman–Crippen LogP) is 1.81. The van der Waals surface area contributed by atoms with Crippen LogP contribution in [0.5, 0.6) is 0 Å². The Bertz CT molecular complexity index is 716. The van der Waals surface area contributed by atoms with Crippen molar-refractivity contribution < 1.29 is 4.79 Å². The van der Waals surface area contributed by atoms with Crippen LogP contribution < -0.4 is 5.69 Å². The first-order valence-corrected chi connectivity index (χ1v) is 7.62. The summed E-state index contributed by atoms with van der Waals surface area (Å²) in [6.45, 7) is 4.84. The fourth-order valence-electron chi connectivity index (χ4n) is 3.32. The van der Waals surface area contributed by atoms with Crippen molar-refractivity contribution in [3.8, 4) is 0 Å². The summed E-state index contributed by atoms with van der Waals surface area (Å²) in [5.74, 6) is 0.216. The summed E-state index contributed by atoms with van der Waals surface area (Å²) in [7, 11) is 0. The number of benzene rings is 1. The van der Waals surface area contributed by atoms with Crippen LogP contribution in [-0.4, -0.2) is 38.6 Å². The maximum Gasteiger partial charge on any atom is 0.341 e. The number of rotatable bonds is 3. The number of likely N-dealkylation sites (tertiary alicyclic amines) is 1. The van der Waals surface area contributed by atoms with Crippen molar-refractivity contribution in [3.05, 3.63) is 51.7 Å². The van der Waals surface area contributed by atoms with Gasteiger partial charge in [0.25, 0.3) is 5.91 Å². The molecule has 1 amide bonds. The second kappa shape index (κ2) is 5.79. The standard InChI is InChI=1S/C16H20N4O2/c1-3-13-12(11-6-4-10(2)5-7-11)8-9-20(13)15(21)14-17-16(22)19-18-14/h4-7,12-13H,3,8-9H2,1-2H3,(H2,17,18,19,22)/t12-,13+/m1/s1. The van der Waals surface area contributed by atoms with Gasteiger partial charge in [-0.05, 0) is 25.3 Å². The minimum atomic E-state index is -0.453. The van der Waals surface area contributed by atoms with Gasteiger partial charge in [0.1, 0.15) is 0 Å². The van der Waals surface area contributed by atoms with Gasteiger partial charge in [0.05, 0.1) is 0 Å². The molecule has 2 N–H and O–H groups in total. The van der Waals surface area contributed by atoms with E-state index in [2.05, 4.69) is 53.3 Å². The van der Waals surface area contributed by atoms with E-state index in [-0.39, 0.29) is 17.8 Å². The minimum absolute atomic E-state index is 0.0907. The lowest BCUT2D eigenvalue weighted by atomic mass is 9.90. The molecule has 0 radical (unpaired) electrons. The molecule has 1 aliphatic rings. The van der Waals surface area contributed by atoms with Crippen molar-refractivity contribution in [2.75, 3.05) is 6.54 Å². The summed E-state index contributed by atoms with van der Waals surface area (Å²) in [4.78, 5) is 27.9. The number of aryl methyl sites for hydroxylation is 1. The molecule has 116 valence electrons. The van der Waals surface area contributed by atoms with E-state index >= 15 is 0 Å². The van der Waals surface area contributed by atoms with Crippen LogP contribution in [0.4, 0.5) is 0 Å². The molecule has 1 aliphatic heterocycles. The molecule has 1 aromatic carbocycles. The lowest BCUT2D eigenvalue weighted by molar-refractivity contribution is 0.0715. The van der Waals surface area contributed by atoms with Crippen LogP contribution in [0, 0.1) is 6.92 Å². The van der Waals surface area contributed by atoms with Crippen molar-refractivity contribution in [3.63, 3.8) is 0 Å². The molecule has 1 aromatic heterocycles. The number of carbonyl (C=O) groups excluding carboxylic acids is 1. The Labute approximate surface area is 128 Å². The van der Waals surface area contributed by atoms with Crippen LogP contribution in [0.25, 0.3) is 0 Å². The monoisotopic (exact) mass is 300 g/mol. The lowest BCUT2D eigenvalue weighted by Gasteiger charge is -2.26. The Hall–Kier alpha value is -2.37. The molecule has 2 heterocycles. The van der Waals surface area contributed by atoms with Crippen LogP contribution in [0.15, 0.2) is 29.1 Å². The molecule has 0 unspecified atom stereocenters. The topological polar surface area (TPSA) is 81.8 Å². The molecule has 0 bridgehead atoms. The highest BCUT2D eigenvalue weighted by molar-refractivity contribution is 5.90. The molecule has 6 heteroatoms. The summed E-state index contributed by atoms with van der Waals surface area (Å²) in [5.41, 5.74) is 2.05. The molecule has 3 rings (SSSR count). The second-order valence-corrected chi connectivity index (χ2v) is 5.81. The Morgan fingerprint density at radius 1 is 1.36 bits per heavy atom. The van der Waals surface area contributed by atoms with Gasteiger partial charge >= 0.3 is 5.69 Å². The molecule has 1 fully saturated rings. The highest BCUT2D eigenvalue weighted by Crippen LogP contribution is 2.35. The van der Waals surface area contributed by atoms with Gasteiger partial charge in [-0.25, -0.2) is 9.89 Å². The van der Waals surface area contributed by atoms with Gasteiger partial charge in [0, 0.05) is 18.5 Å². The summed E-state index contributed by atoms with van der Waals surface area (Å²) < 4.78 is 0. The zero-order valence-corrected chi connectivity index (χ0v) is 12.8. The van der Waals surface area contributed by atoms with E-state index in [1.807, 2.05) is 4.90 Å². The first-order valence-electron chi connectivity index (χ1n) is 7.62. The molecular formula is C16H20N4O2. The number of hydrogen-bond acceptors (Lipinski definition) is 3. The van der Waals surface area contributed by atoms with Gasteiger partial charge in [-0.3, -0.25) is 9.78 Å². The Balaban J connectivity index is 1.84. The van der Waals surface area contributed by atoms with Gasteiger partial charge in [0.15, 0.2) is 0 Å². The van der Waals surface area contributed by atoms with Crippen LogP contribution in [0.2, 0.25) is 0 Å². The first-order chi connectivity index (χ1) is 10.6. The zero-order valence-electron chi connectivity index (χ0n) is 12.8. The SMILES string of the molecule is CC[C@H]1[C@@H](c2ccc(C)cc2)CCN1C(=O)c1n[nH]c(=O)[nH]1. The van der Waals surface area contributed by atoms with Crippen molar-refractivity contribution in [1.82, 2.24) is 20.1 Å². The smallest absolute Gasteiger partial charge is 0.332 e. The predicted molar refractivity (Wildman–Crippen MR) is 82.9 cm³/mol. The number of aromatic nitrogens is 3. The van der Waals surface area contributed by atoms with Crippen LogP contribution in [0.1, 0.15) is 47.4 Å². The first kappa shape index (κ1) is 14.6. The molecule has 2 aromatic rings. The number of amides is 1. The highest BCUT2D eigenvalue weighted by atomic mass is 16.2. The van der Waals surface area contributed by atoms with Gasteiger partial charge in [-0.2, -0.15) is 0 Å². The largest absolute Gasteiger partial charge is 0.341 e. The van der Waals surface area contributed by atoms with E-state index in [1.165, 1.54) is 11.1 Å². The third kappa shape index (κ3) is 2.56. The normalized spacial score (nSPS) is 21.3. The number of nitrogens with one attached hydrogen (secondary N) is 2. The number of H-pyrrole nitrogens is 2. The molecule has 0 aliphatic carbocycles. The Morgan fingerprint density at radius 3 is 2.68 bits per heavy atom. The van der Waals surface area contributed by atoms with Gasteiger partial charge < -0.3 is 4.90 Å². The van der Waals surface area contributed by atoms with Crippen LogP contribution in [0.3, 0.4) is 0 Å². The Kier molecular flexibility index (Phi) is 3.83. The summed E-state index contributed by atoms with van der Waals surface area (Å²) in [5, 5.41) is 6.00. The van der Waals surface area contributed by atoms with E-state index in [1.54, 1.807) is 0 Å². The van der Waals surface area contributed by atoms with Crippen molar-refractivity contribution in [1.29, 1.82) is 0 Å². The molecular weight excluding hydrogens is 280 g/mol. The third-order valence-corrected chi connectivity index (χ3v) is 4.43. The maximum absolute atomic E-state index is 12.5. The third-order valence-electron chi connectivity index (χ3n) is 4.43. The minimum Gasteiger partial charge on any atom is -0.332 e. The van der Waals surface area contributed by atoms with Gasteiger partial charge in [-0.1, -0.05) is 36.8 Å². The quantitative estimate of drug-likeness (QED) is 0.907. The van der Waals surface area contributed by atoms with Crippen LogP contribution in [-0.2, 0) is 0 Å². The molecule has 0 saturated carbocycles. The van der Waals surface area contributed by atoms with Crippen molar-refractivity contribution in [2.45, 2.75) is 38.6 Å². The Morgan fingerprint density at radius 2 is 2.09 bits per heavy atom. The average molecular weight is 300 g/mol. The maximum atomic E-state index is 12.5. The second-order valence-electron chi connectivity index (χ2n) is 5.81. The fourth-order valence-corrected chi connectivity index (χ4v) is 3.32. The summed E-state index contributed by atoms with van der Waals surface area (Å²) in [6.07, 6.45) is 1.81. The zero-order chi connectivity index (χ0) is 15.7. The average Bonchev–Trinajstić information content (AvgIpc) is 3.13. The van der Waals surface area contributed by atoms with Gasteiger partial charge in [-0.15, -0.1) is 5.10 Å². The summed E-state index contributed by atoms with van der Waals surface area (Å²) >= 11 is 0. The van der Waals surface area contributed by atoms with E-state index < -0.39 is 5.69 Å². The molecule has 6 nitrogen and oxygen atoms in total.